The van der Waals surface area contributed by atoms with Gasteiger partial charge in [0.25, 0.3) is 0 Å². The highest BCUT2D eigenvalue weighted by molar-refractivity contribution is 7.89. The molecule has 0 saturated carbocycles. The largest absolute Gasteiger partial charge is 0.397 e. The number of halogens is 1. The molecule has 0 unspecified atom stereocenters. The van der Waals surface area contributed by atoms with Crippen LogP contribution in [0.5, 0.6) is 0 Å². The third-order valence-electron chi connectivity index (χ3n) is 3.14. The molecule has 2 aromatic rings. The van der Waals surface area contributed by atoms with E-state index in [1.165, 1.54) is 19.2 Å². The van der Waals surface area contributed by atoms with E-state index in [-0.39, 0.29) is 4.90 Å². The van der Waals surface area contributed by atoms with Crippen molar-refractivity contribution in [2.24, 2.45) is 0 Å². The van der Waals surface area contributed by atoms with Crippen molar-refractivity contribution in [3.05, 3.63) is 47.0 Å². The maximum absolute atomic E-state index is 11.8. The highest BCUT2D eigenvalue weighted by Gasteiger charge is 2.14. The Morgan fingerprint density at radius 2 is 1.86 bits per heavy atom. The lowest BCUT2D eigenvalue weighted by atomic mass is 10.2. The van der Waals surface area contributed by atoms with Crippen LogP contribution in [0.1, 0.15) is 5.56 Å². The van der Waals surface area contributed by atoms with Crippen molar-refractivity contribution in [1.29, 1.82) is 0 Å². The van der Waals surface area contributed by atoms with Crippen molar-refractivity contribution in [2.75, 3.05) is 18.1 Å². The third-order valence-corrected chi connectivity index (χ3v) is 4.96. The first-order valence-electron chi connectivity index (χ1n) is 6.20. The highest BCUT2D eigenvalue weighted by Crippen LogP contribution is 2.30. The predicted molar refractivity (Wildman–Crippen MR) is 86.6 cm³/mol. The van der Waals surface area contributed by atoms with Gasteiger partial charge in [-0.05, 0) is 49.9 Å². The minimum atomic E-state index is -3.52. The van der Waals surface area contributed by atoms with Crippen LogP contribution >= 0.6 is 11.6 Å². The maximum atomic E-state index is 11.8. The van der Waals surface area contributed by atoms with Crippen LogP contribution < -0.4 is 15.8 Å². The molecular weight excluding hydrogens is 310 g/mol. The van der Waals surface area contributed by atoms with Gasteiger partial charge >= 0.3 is 0 Å². The van der Waals surface area contributed by atoms with E-state index in [2.05, 4.69) is 10.0 Å². The smallest absolute Gasteiger partial charge is 0.240 e. The summed E-state index contributed by atoms with van der Waals surface area (Å²) >= 11 is 6.07. The van der Waals surface area contributed by atoms with Crippen molar-refractivity contribution in [2.45, 2.75) is 11.8 Å². The Labute approximate surface area is 129 Å². The van der Waals surface area contributed by atoms with Crippen LogP contribution in [-0.4, -0.2) is 15.5 Å². The zero-order chi connectivity index (χ0) is 15.6. The number of sulfonamides is 1. The fourth-order valence-electron chi connectivity index (χ4n) is 1.82. The summed E-state index contributed by atoms with van der Waals surface area (Å²) in [5.74, 6) is 0. The summed E-state index contributed by atoms with van der Waals surface area (Å²) in [7, 11) is -2.16. The molecule has 0 spiro atoms. The first-order chi connectivity index (χ1) is 9.85. The van der Waals surface area contributed by atoms with Crippen LogP contribution in [0.3, 0.4) is 0 Å². The summed E-state index contributed by atoms with van der Waals surface area (Å²) in [5, 5.41) is 3.74. The molecule has 0 aromatic heterocycles. The van der Waals surface area contributed by atoms with Gasteiger partial charge in [-0.15, -0.1) is 0 Å². The fraction of sp³-hybridized carbons (Fsp3) is 0.143. The SMILES string of the molecule is CNS(=O)(=O)c1ccc(N)c(Nc2cccc(Cl)c2C)c1. The standard InChI is InChI=1S/C14H16ClN3O2S/c1-9-11(15)4-3-5-13(9)18-14-8-10(6-7-12(14)16)21(19,20)17-2/h3-8,17-18H,16H2,1-2H3. The highest BCUT2D eigenvalue weighted by atomic mass is 35.5. The molecular formula is C14H16ClN3O2S. The number of nitrogens with two attached hydrogens (primary N) is 1. The molecule has 0 fully saturated rings. The van der Waals surface area contributed by atoms with E-state index in [1.807, 2.05) is 19.1 Å². The Morgan fingerprint density at radius 3 is 2.52 bits per heavy atom. The maximum Gasteiger partial charge on any atom is 0.240 e. The number of benzene rings is 2. The van der Waals surface area contributed by atoms with Gasteiger partial charge in [-0.2, -0.15) is 0 Å². The molecule has 7 heteroatoms. The van der Waals surface area contributed by atoms with E-state index in [9.17, 15) is 8.42 Å². The lowest BCUT2D eigenvalue weighted by Gasteiger charge is -2.14. The van der Waals surface area contributed by atoms with Gasteiger partial charge in [-0.25, -0.2) is 13.1 Å². The predicted octanol–water partition coefficient (Wildman–Crippen LogP) is 2.88. The Hall–Kier alpha value is -1.76. The van der Waals surface area contributed by atoms with Gasteiger partial charge in [0.2, 0.25) is 10.0 Å². The van der Waals surface area contributed by atoms with E-state index in [4.69, 9.17) is 17.3 Å². The molecule has 2 aromatic carbocycles. The van der Waals surface area contributed by atoms with Crippen molar-refractivity contribution < 1.29 is 8.42 Å². The zero-order valence-electron chi connectivity index (χ0n) is 11.6. The molecule has 0 atom stereocenters. The Morgan fingerprint density at radius 1 is 1.14 bits per heavy atom. The molecule has 0 aliphatic rings. The molecule has 0 radical (unpaired) electrons. The molecule has 0 aliphatic heterocycles. The summed E-state index contributed by atoms with van der Waals surface area (Å²) in [4.78, 5) is 0.140. The lowest BCUT2D eigenvalue weighted by molar-refractivity contribution is 0.588. The van der Waals surface area contributed by atoms with Crippen LogP contribution in [0.15, 0.2) is 41.3 Å². The summed E-state index contributed by atoms with van der Waals surface area (Å²) in [6.45, 7) is 1.87. The summed E-state index contributed by atoms with van der Waals surface area (Å²) < 4.78 is 25.9. The van der Waals surface area contributed by atoms with Crippen LogP contribution in [0, 0.1) is 6.92 Å². The van der Waals surface area contributed by atoms with E-state index >= 15 is 0 Å². The first kappa shape index (κ1) is 15.6. The number of nitrogens with one attached hydrogen (secondary N) is 2. The number of hydrogen-bond acceptors (Lipinski definition) is 4. The second-order valence-corrected chi connectivity index (χ2v) is 6.79. The van der Waals surface area contributed by atoms with Gasteiger partial charge in [-0.1, -0.05) is 17.7 Å². The molecule has 112 valence electrons. The molecule has 0 heterocycles. The number of nitrogen functional groups attached to an aromatic ring is 1. The monoisotopic (exact) mass is 325 g/mol. The summed E-state index contributed by atoms with van der Waals surface area (Å²) in [6, 6.07) is 9.93. The lowest BCUT2D eigenvalue weighted by Crippen LogP contribution is -2.18. The van der Waals surface area contributed by atoms with E-state index < -0.39 is 10.0 Å². The fourth-order valence-corrected chi connectivity index (χ4v) is 2.75. The second-order valence-electron chi connectivity index (χ2n) is 4.49. The third kappa shape index (κ3) is 3.29. The number of rotatable bonds is 4. The molecule has 5 nitrogen and oxygen atoms in total. The Kier molecular flexibility index (Phi) is 4.41. The molecule has 0 saturated heterocycles. The molecule has 0 aliphatic carbocycles. The van der Waals surface area contributed by atoms with Gasteiger partial charge in [0.15, 0.2) is 0 Å². The van der Waals surface area contributed by atoms with Gasteiger partial charge in [-0.3, -0.25) is 0 Å². The van der Waals surface area contributed by atoms with Crippen molar-refractivity contribution in [3.8, 4) is 0 Å². The average Bonchev–Trinajstić information content (AvgIpc) is 2.46. The summed E-state index contributed by atoms with van der Waals surface area (Å²) in [5.41, 5.74) is 8.49. The normalized spacial score (nSPS) is 11.4. The number of hydrogen-bond donors (Lipinski definition) is 3. The van der Waals surface area contributed by atoms with Crippen LogP contribution in [0.25, 0.3) is 0 Å². The van der Waals surface area contributed by atoms with Crippen molar-refractivity contribution >= 4 is 38.7 Å². The van der Waals surface area contributed by atoms with Gasteiger partial charge in [0.05, 0.1) is 16.3 Å². The van der Waals surface area contributed by atoms with E-state index in [1.54, 1.807) is 12.1 Å². The second kappa shape index (κ2) is 5.93. The topological polar surface area (TPSA) is 84.2 Å². The van der Waals surface area contributed by atoms with Gasteiger partial charge < -0.3 is 11.1 Å². The summed E-state index contributed by atoms with van der Waals surface area (Å²) in [6.07, 6.45) is 0. The molecule has 21 heavy (non-hydrogen) atoms. The quantitative estimate of drug-likeness (QED) is 0.755. The minimum Gasteiger partial charge on any atom is -0.397 e. The molecule has 2 rings (SSSR count). The van der Waals surface area contributed by atoms with Crippen molar-refractivity contribution in [1.82, 2.24) is 4.72 Å². The van der Waals surface area contributed by atoms with Crippen LogP contribution in [-0.2, 0) is 10.0 Å². The number of anilines is 3. The Bertz CT molecular complexity index is 776. The Balaban J connectivity index is 2.45. The van der Waals surface area contributed by atoms with Crippen molar-refractivity contribution in [3.63, 3.8) is 0 Å². The van der Waals surface area contributed by atoms with E-state index in [0.29, 0.717) is 16.4 Å². The van der Waals surface area contributed by atoms with Gasteiger partial charge in [0, 0.05) is 10.7 Å². The van der Waals surface area contributed by atoms with Gasteiger partial charge in [0.1, 0.15) is 0 Å². The average molecular weight is 326 g/mol. The van der Waals surface area contributed by atoms with Crippen LogP contribution in [0.4, 0.5) is 17.1 Å². The molecule has 0 bridgehead atoms. The van der Waals surface area contributed by atoms with E-state index in [0.717, 1.165) is 11.3 Å². The molecule has 4 N–H and O–H groups in total. The zero-order valence-corrected chi connectivity index (χ0v) is 13.2. The molecule has 0 amide bonds. The first-order valence-corrected chi connectivity index (χ1v) is 8.06. The van der Waals surface area contributed by atoms with Crippen LogP contribution in [0.2, 0.25) is 5.02 Å². The minimum absolute atomic E-state index is 0.140.